The summed E-state index contributed by atoms with van der Waals surface area (Å²) in [6.07, 6.45) is 1.12. The van der Waals surface area contributed by atoms with Crippen molar-refractivity contribution in [2.24, 2.45) is 0 Å². The molecule has 0 fully saturated rings. The number of hydrogen-bond donors (Lipinski definition) is 2. The fraction of sp³-hybridized carbons (Fsp3) is 0.600. The maximum Gasteiger partial charge on any atom is 0.348 e. The first-order chi connectivity index (χ1) is 8.53. The van der Waals surface area contributed by atoms with Gasteiger partial charge in [0, 0.05) is 6.42 Å². The number of hydrogen-bond acceptors (Lipinski definition) is 6. The molecule has 0 saturated heterocycles. The summed E-state index contributed by atoms with van der Waals surface area (Å²) in [5.41, 5.74) is -0.360. The van der Waals surface area contributed by atoms with Gasteiger partial charge in [0.05, 0.1) is 17.6 Å². The molecule has 100 valence electrons. The first-order valence-corrected chi connectivity index (χ1v) is 5.99. The maximum absolute atomic E-state index is 10.9. The van der Waals surface area contributed by atoms with Crippen LogP contribution in [-0.4, -0.2) is 32.6 Å². The monoisotopic (exact) mass is 274 g/mol. The summed E-state index contributed by atoms with van der Waals surface area (Å²) in [6, 6.07) is -0.306. The highest BCUT2D eigenvalue weighted by Gasteiger charge is 2.24. The summed E-state index contributed by atoms with van der Waals surface area (Å²) in [5, 5.41) is 22.7. The minimum atomic E-state index is -0.631. The van der Waals surface area contributed by atoms with E-state index in [1.165, 1.54) is 0 Å². The Kier molecular flexibility index (Phi) is 5.24. The highest BCUT2D eigenvalue weighted by Crippen LogP contribution is 2.30. The normalized spacial score (nSPS) is 12.2. The fourth-order valence-corrected chi connectivity index (χ4v) is 1.62. The van der Waals surface area contributed by atoms with E-state index in [1.54, 1.807) is 0 Å². The molecule has 1 aromatic heterocycles. The van der Waals surface area contributed by atoms with Gasteiger partial charge in [-0.2, -0.15) is 0 Å². The molecule has 0 aliphatic carbocycles. The third-order valence-corrected chi connectivity index (χ3v) is 2.70. The smallest absolute Gasteiger partial charge is 0.348 e. The minimum Gasteiger partial charge on any atom is -0.394 e. The number of anilines is 1. The third kappa shape index (κ3) is 3.27. The van der Waals surface area contributed by atoms with Crippen molar-refractivity contribution in [2.75, 3.05) is 11.9 Å². The summed E-state index contributed by atoms with van der Waals surface area (Å²) in [5.74, 6) is 0.471. The Hall–Kier alpha value is -1.47. The van der Waals surface area contributed by atoms with E-state index in [0.717, 1.165) is 0 Å². The van der Waals surface area contributed by atoms with Crippen LogP contribution in [0, 0.1) is 10.1 Å². The summed E-state index contributed by atoms with van der Waals surface area (Å²) < 4.78 is 0. The zero-order chi connectivity index (χ0) is 13.7. The van der Waals surface area contributed by atoms with Gasteiger partial charge in [-0.3, -0.25) is 10.1 Å². The van der Waals surface area contributed by atoms with Gasteiger partial charge in [-0.15, -0.1) is 0 Å². The number of aliphatic hydroxyl groups is 1. The highest BCUT2D eigenvalue weighted by atomic mass is 35.5. The van der Waals surface area contributed by atoms with E-state index >= 15 is 0 Å². The molecular weight excluding hydrogens is 260 g/mol. The van der Waals surface area contributed by atoms with Crippen LogP contribution in [0.25, 0.3) is 0 Å². The lowest BCUT2D eigenvalue weighted by Crippen LogP contribution is -2.24. The molecule has 0 radical (unpaired) electrons. The van der Waals surface area contributed by atoms with Gasteiger partial charge in [0.2, 0.25) is 11.0 Å². The minimum absolute atomic E-state index is 0.0535. The van der Waals surface area contributed by atoms with E-state index in [-0.39, 0.29) is 29.3 Å². The van der Waals surface area contributed by atoms with Crippen LogP contribution in [0.15, 0.2) is 0 Å². The Bertz CT molecular complexity index is 437. The van der Waals surface area contributed by atoms with Gasteiger partial charge in [-0.1, -0.05) is 25.4 Å². The predicted octanol–water partition coefficient (Wildman–Crippen LogP) is 1.78. The van der Waals surface area contributed by atoms with Crippen LogP contribution >= 0.6 is 11.6 Å². The first kappa shape index (κ1) is 14.6. The van der Waals surface area contributed by atoms with Gasteiger partial charge < -0.3 is 10.4 Å². The van der Waals surface area contributed by atoms with Crippen LogP contribution in [0.1, 0.15) is 26.1 Å². The third-order valence-electron chi connectivity index (χ3n) is 2.44. The molecule has 18 heavy (non-hydrogen) atoms. The molecule has 1 unspecified atom stereocenters. The molecule has 0 spiro atoms. The molecule has 0 amide bonds. The average molecular weight is 275 g/mol. The van der Waals surface area contributed by atoms with Crippen LogP contribution in [0.2, 0.25) is 5.15 Å². The molecule has 7 nitrogen and oxygen atoms in total. The zero-order valence-electron chi connectivity index (χ0n) is 10.2. The lowest BCUT2D eigenvalue weighted by atomic mass is 10.2. The van der Waals surface area contributed by atoms with Gasteiger partial charge in [0.1, 0.15) is 5.82 Å². The van der Waals surface area contributed by atoms with E-state index in [1.807, 2.05) is 13.8 Å². The molecule has 1 atom stereocenters. The molecule has 1 aromatic rings. The molecule has 8 heteroatoms. The topological polar surface area (TPSA) is 101 Å². The number of nitro groups is 1. The Labute approximate surface area is 109 Å². The Morgan fingerprint density at radius 2 is 2.17 bits per heavy atom. The zero-order valence-corrected chi connectivity index (χ0v) is 10.9. The van der Waals surface area contributed by atoms with Crippen LogP contribution < -0.4 is 5.32 Å². The lowest BCUT2D eigenvalue weighted by molar-refractivity contribution is -0.384. The number of rotatable bonds is 6. The molecule has 2 N–H and O–H groups in total. The quantitative estimate of drug-likeness (QED) is 0.466. The molecule has 0 aliphatic heterocycles. The van der Waals surface area contributed by atoms with Crippen molar-refractivity contribution in [3.05, 3.63) is 21.1 Å². The Morgan fingerprint density at radius 1 is 1.50 bits per heavy atom. The molecule has 1 rings (SSSR count). The van der Waals surface area contributed by atoms with Crippen molar-refractivity contribution in [3.63, 3.8) is 0 Å². The van der Waals surface area contributed by atoms with Crippen molar-refractivity contribution in [1.29, 1.82) is 0 Å². The molecule has 0 bridgehead atoms. The van der Waals surface area contributed by atoms with Crippen molar-refractivity contribution in [2.45, 2.75) is 32.7 Å². The SMILES string of the molecule is CCc1nc(Cl)c([N+](=O)[O-])c(NC(CC)CO)n1. The maximum atomic E-state index is 10.9. The second kappa shape index (κ2) is 6.46. The Balaban J connectivity index is 3.20. The van der Waals surface area contributed by atoms with Gasteiger partial charge in [0.25, 0.3) is 0 Å². The van der Waals surface area contributed by atoms with E-state index < -0.39 is 4.92 Å². The summed E-state index contributed by atoms with van der Waals surface area (Å²) in [4.78, 5) is 18.2. The fourth-order valence-electron chi connectivity index (χ4n) is 1.36. The average Bonchev–Trinajstić information content (AvgIpc) is 2.34. The lowest BCUT2D eigenvalue weighted by Gasteiger charge is -2.15. The highest BCUT2D eigenvalue weighted by molar-refractivity contribution is 6.31. The van der Waals surface area contributed by atoms with Crippen molar-refractivity contribution in [3.8, 4) is 0 Å². The van der Waals surface area contributed by atoms with Crippen molar-refractivity contribution < 1.29 is 10.0 Å². The number of aromatic nitrogens is 2. The van der Waals surface area contributed by atoms with E-state index in [0.29, 0.717) is 18.7 Å². The molecule has 1 heterocycles. The van der Waals surface area contributed by atoms with E-state index in [9.17, 15) is 10.1 Å². The Morgan fingerprint density at radius 3 is 2.61 bits per heavy atom. The number of aryl methyl sites for hydroxylation is 1. The summed E-state index contributed by atoms with van der Waals surface area (Å²) in [6.45, 7) is 3.53. The van der Waals surface area contributed by atoms with Crippen LogP contribution in [0.3, 0.4) is 0 Å². The van der Waals surface area contributed by atoms with Gasteiger partial charge in [-0.05, 0) is 6.42 Å². The number of aliphatic hydroxyl groups excluding tert-OH is 1. The van der Waals surface area contributed by atoms with E-state index in [2.05, 4.69) is 15.3 Å². The number of halogens is 1. The van der Waals surface area contributed by atoms with Crippen molar-refractivity contribution in [1.82, 2.24) is 9.97 Å². The summed E-state index contributed by atoms with van der Waals surface area (Å²) >= 11 is 5.78. The first-order valence-electron chi connectivity index (χ1n) is 5.61. The second-order valence-corrected chi connectivity index (χ2v) is 4.03. The number of nitrogens with zero attached hydrogens (tertiary/aromatic N) is 3. The van der Waals surface area contributed by atoms with Gasteiger partial charge in [-0.25, -0.2) is 9.97 Å². The molecule has 0 aliphatic rings. The van der Waals surface area contributed by atoms with Gasteiger partial charge >= 0.3 is 5.69 Å². The molecule has 0 saturated carbocycles. The van der Waals surface area contributed by atoms with Crippen molar-refractivity contribution >= 4 is 23.1 Å². The van der Waals surface area contributed by atoms with Crippen LogP contribution in [0.4, 0.5) is 11.5 Å². The van der Waals surface area contributed by atoms with E-state index in [4.69, 9.17) is 16.7 Å². The second-order valence-electron chi connectivity index (χ2n) is 3.67. The largest absolute Gasteiger partial charge is 0.394 e. The molecular formula is C10H15ClN4O3. The molecule has 0 aromatic carbocycles. The van der Waals surface area contributed by atoms with Crippen LogP contribution in [-0.2, 0) is 6.42 Å². The summed E-state index contributed by atoms with van der Waals surface area (Å²) in [7, 11) is 0. The standard InChI is InChI=1S/C10H15ClN4O3/c1-3-6(5-16)12-10-8(15(17)18)9(11)13-7(4-2)14-10/h6,16H,3-5H2,1-2H3,(H,12,13,14). The van der Waals surface area contributed by atoms with Crippen LogP contribution in [0.5, 0.6) is 0 Å². The number of nitrogens with one attached hydrogen (secondary N) is 1. The predicted molar refractivity (Wildman–Crippen MR) is 67.9 cm³/mol. The van der Waals surface area contributed by atoms with Gasteiger partial charge in [0.15, 0.2) is 0 Å².